The molecule has 0 heterocycles. The molecule has 1 aromatic rings. The second-order valence-corrected chi connectivity index (χ2v) is 4.84. The highest BCUT2D eigenvalue weighted by atomic mass is 16.5. The Morgan fingerprint density at radius 2 is 1.89 bits per heavy atom. The highest BCUT2D eigenvalue weighted by Crippen LogP contribution is 2.17. The van der Waals surface area contributed by atoms with E-state index in [0.717, 1.165) is 12.2 Å². The van der Waals surface area contributed by atoms with Crippen LogP contribution in [0.15, 0.2) is 24.3 Å². The molecule has 0 unspecified atom stereocenters. The number of benzene rings is 1. The van der Waals surface area contributed by atoms with Crippen LogP contribution >= 0.6 is 0 Å². The van der Waals surface area contributed by atoms with Crippen LogP contribution in [0, 0.1) is 0 Å². The number of hydrogen-bond donors (Lipinski definition) is 1. The Labute approximate surface area is 109 Å². The molecule has 0 aliphatic rings. The molecule has 18 heavy (non-hydrogen) atoms. The van der Waals surface area contributed by atoms with Crippen molar-refractivity contribution in [2.75, 3.05) is 32.6 Å². The van der Waals surface area contributed by atoms with E-state index in [1.165, 1.54) is 5.56 Å². The molecule has 1 aromatic carbocycles. The Bertz CT molecular complexity index is 372. The smallest absolute Gasteiger partial charge is 0.411 e. The van der Waals surface area contributed by atoms with Gasteiger partial charge in [-0.05, 0) is 37.7 Å². The second-order valence-electron chi connectivity index (χ2n) is 4.84. The number of hydrogen-bond acceptors (Lipinski definition) is 3. The minimum Gasteiger partial charge on any atom is -0.448 e. The number of carbonyl (C=O) groups excluding carboxylic acids is 1. The largest absolute Gasteiger partial charge is 0.448 e. The van der Waals surface area contributed by atoms with Crippen LogP contribution in [-0.4, -0.2) is 38.2 Å². The van der Waals surface area contributed by atoms with Crippen molar-refractivity contribution in [3.05, 3.63) is 29.8 Å². The zero-order valence-electron chi connectivity index (χ0n) is 11.6. The summed E-state index contributed by atoms with van der Waals surface area (Å²) >= 11 is 0. The van der Waals surface area contributed by atoms with E-state index in [1.54, 1.807) is 0 Å². The van der Waals surface area contributed by atoms with Gasteiger partial charge >= 0.3 is 6.09 Å². The van der Waals surface area contributed by atoms with Crippen LogP contribution in [0.3, 0.4) is 0 Å². The summed E-state index contributed by atoms with van der Waals surface area (Å²) in [6.45, 7) is 5.39. The molecular formula is C14H22N2O2. The summed E-state index contributed by atoms with van der Waals surface area (Å²) in [7, 11) is 3.87. The molecule has 4 nitrogen and oxygen atoms in total. The summed E-state index contributed by atoms with van der Waals surface area (Å²) < 4.78 is 5.04. The Balaban J connectivity index is 2.40. The molecule has 0 radical (unpaired) electrons. The Morgan fingerprint density at radius 3 is 2.39 bits per heavy atom. The lowest BCUT2D eigenvalue weighted by atomic mass is 10.0. The van der Waals surface area contributed by atoms with Gasteiger partial charge < -0.3 is 9.64 Å². The minimum atomic E-state index is -0.408. The fourth-order valence-electron chi connectivity index (χ4n) is 1.43. The highest BCUT2D eigenvalue weighted by Gasteiger charge is 2.04. The summed E-state index contributed by atoms with van der Waals surface area (Å²) in [6, 6.07) is 7.81. The van der Waals surface area contributed by atoms with Gasteiger partial charge in [0.05, 0.1) is 0 Å². The predicted molar refractivity (Wildman–Crippen MR) is 74.1 cm³/mol. The molecule has 0 aliphatic heterocycles. The number of carbonyl (C=O) groups is 1. The number of anilines is 1. The maximum Gasteiger partial charge on any atom is 0.411 e. The molecule has 4 heteroatoms. The van der Waals surface area contributed by atoms with Gasteiger partial charge in [-0.3, -0.25) is 5.32 Å². The van der Waals surface area contributed by atoms with E-state index in [4.69, 9.17) is 4.74 Å². The van der Waals surface area contributed by atoms with Crippen molar-refractivity contribution in [2.24, 2.45) is 0 Å². The number of ether oxygens (including phenoxy) is 1. The topological polar surface area (TPSA) is 41.6 Å². The van der Waals surface area contributed by atoms with Gasteiger partial charge in [0.2, 0.25) is 0 Å². The summed E-state index contributed by atoms with van der Waals surface area (Å²) in [5, 5.41) is 2.70. The van der Waals surface area contributed by atoms with E-state index in [1.807, 2.05) is 43.3 Å². The quantitative estimate of drug-likeness (QED) is 0.873. The standard InChI is InChI=1S/C14H22N2O2/c1-11(2)12-5-7-13(8-6-12)15-14(17)18-10-9-16(3)4/h5-8,11H,9-10H2,1-4H3,(H,15,17). The molecule has 1 amide bonds. The SMILES string of the molecule is CC(C)c1ccc(NC(=O)OCCN(C)C)cc1. The van der Waals surface area contributed by atoms with Crippen molar-refractivity contribution in [2.45, 2.75) is 19.8 Å². The Hall–Kier alpha value is -1.55. The number of nitrogens with one attached hydrogen (secondary N) is 1. The first-order valence-electron chi connectivity index (χ1n) is 6.17. The van der Waals surface area contributed by atoms with Crippen molar-refractivity contribution in [1.29, 1.82) is 0 Å². The van der Waals surface area contributed by atoms with E-state index in [0.29, 0.717) is 12.5 Å². The van der Waals surface area contributed by atoms with Gasteiger partial charge in [0.25, 0.3) is 0 Å². The summed E-state index contributed by atoms with van der Waals surface area (Å²) in [6.07, 6.45) is -0.408. The Kier molecular flexibility index (Phi) is 5.65. The van der Waals surface area contributed by atoms with Crippen LogP contribution in [0.25, 0.3) is 0 Å². The van der Waals surface area contributed by atoms with E-state index in [9.17, 15) is 4.79 Å². The minimum absolute atomic E-state index is 0.392. The third-order valence-corrected chi connectivity index (χ3v) is 2.60. The molecule has 1 N–H and O–H groups in total. The average Bonchev–Trinajstić information content (AvgIpc) is 2.29. The van der Waals surface area contributed by atoms with Crippen LogP contribution in [0.5, 0.6) is 0 Å². The van der Waals surface area contributed by atoms with E-state index >= 15 is 0 Å². The van der Waals surface area contributed by atoms with Gasteiger partial charge in [-0.2, -0.15) is 0 Å². The lowest BCUT2D eigenvalue weighted by Gasteiger charge is -2.11. The molecule has 0 aliphatic carbocycles. The normalized spacial score (nSPS) is 10.8. The van der Waals surface area contributed by atoms with Crippen molar-refractivity contribution < 1.29 is 9.53 Å². The molecule has 0 atom stereocenters. The van der Waals surface area contributed by atoms with Gasteiger partial charge in [0.1, 0.15) is 6.61 Å². The zero-order chi connectivity index (χ0) is 13.5. The lowest BCUT2D eigenvalue weighted by Crippen LogP contribution is -2.22. The first-order valence-corrected chi connectivity index (χ1v) is 6.17. The van der Waals surface area contributed by atoms with Crippen molar-refractivity contribution >= 4 is 11.8 Å². The van der Waals surface area contributed by atoms with Gasteiger partial charge in [0.15, 0.2) is 0 Å². The van der Waals surface area contributed by atoms with Crippen LogP contribution < -0.4 is 5.32 Å². The average molecular weight is 250 g/mol. The molecule has 0 aromatic heterocycles. The second kappa shape index (κ2) is 7.01. The number of amides is 1. The fraction of sp³-hybridized carbons (Fsp3) is 0.500. The van der Waals surface area contributed by atoms with E-state index in [2.05, 4.69) is 19.2 Å². The van der Waals surface area contributed by atoms with Crippen LogP contribution in [0.4, 0.5) is 10.5 Å². The van der Waals surface area contributed by atoms with Gasteiger partial charge in [-0.25, -0.2) is 4.79 Å². The molecule has 1 rings (SSSR count). The fourth-order valence-corrected chi connectivity index (χ4v) is 1.43. The lowest BCUT2D eigenvalue weighted by molar-refractivity contribution is 0.151. The van der Waals surface area contributed by atoms with Gasteiger partial charge in [-0.1, -0.05) is 26.0 Å². The maximum atomic E-state index is 11.5. The van der Waals surface area contributed by atoms with Crippen LogP contribution in [0.1, 0.15) is 25.3 Å². The van der Waals surface area contributed by atoms with E-state index in [-0.39, 0.29) is 0 Å². The van der Waals surface area contributed by atoms with Crippen molar-refractivity contribution in [1.82, 2.24) is 4.90 Å². The Morgan fingerprint density at radius 1 is 1.28 bits per heavy atom. The van der Waals surface area contributed by atoms with Crippen LogP contribution in [-0.2, 0) is 4.74 Å². The van der Waals surface area contributed by atoms with Gasteiger partial charge in [-0.15, -0.1) is 0 Å². The van der Waals surface area contributed by atoms with Crippen molar-refractivity contribution in [3.8, 4) is 0 Å². The molecular weight excluding hydrogens is 228 g/mol. The van der Waals surface area contributed by atoms with E-state index < -0.39 is 6.09 Å². The third kappa shape index (κ3) is 5.19. The monoisotopic (exact) mass is 250 g/mol. The third-order valence-electron chi connectivity index (χ3n) is 2.60. The zero-order valence-corrected chi connectivity index (χ0v) is 11.6. The molecule has 0 fully saturated rings. The first-order chi connectivity index (χ1) is 8.49. The number of rotatable bonds is 5. The summed E-state index contributed by atoms with van der Waals surface area (Å²) in [4.78, 5) is 13.4. The number of likely N-dealkylation sites (N-methyl/N-ethyl adjacent to an activating group) is 1. The summed E-state index contributed by atoms with van der Waals surface area (Å²) in [5.74, 6) is 0.492. The first kappa shape index (κ1) is 14.5. The molecule has 0 spiro atoms. The molecule has 100 valence electrons. The maximum absolute atomic E-state index is 11.5. The van der Waals surface area contributed by atoms with Crippen LogP contribution in [0.2, 0.25) is 0 Å². The highest BCUT2D eigenvalue weighted by molar-refractivity contribution is 5.84. The predicted octanol–water partition coefficient (Wildman–Crippen LogP) is 2.92. The number of nitrogens with zero attached hydrogens (tertiary/aromatic N) is 1. The van der Waals surface area contributed by atoms with Gasteiger partial charge in [0, 0.05) is 12.2 Å². The van der Waals surface area contributed by atoms with Crippen molar-refractivity contribution in [3.63, 3.8) is 0 Å². The summed E-state index contributed by atoms with van der Waals surface area (Å²) in [5.41, 5.74) is 2.01. The molecule has 0 bridgehead atoms. The molecule has 0 saturated carbocycles. The molecule has 0 saturated heterocycles.